The molecule has 6 aromatic carbocycles. The van der Waals surface area contributed by atoms with E-state index in [-0.39, 0.29) is 0 Å². The minimum atomic E-state index is 0.454. The van der Waals surface area contributed by atoms with Gasteiger partial charge in [-0.15, -0.1) is 11.3 Å². The Morgan fingerprint density at radius 1 is 0.568 bits per heavy atom. The van der Waals surface area contributed by atoms with Gasteiger partial charge in [-0.3, -0.25) is 0 Å². The van der Waals surface area contributed by atoms with Crippen LogP contribution in [0.15, 0.2) is 133 Å². The number of nitrogens with zero attached hydrogens (tertiary/aromatic N) is 2. The summed E-state index contributed by atoms with van der Waals surface area (Å²) in [4.78, 5) is 2.52. The van der Waals surface area contributed by atoms with Gasteiger partial charge in [0.05, 0.1) is 11.0 Å². The molecular formula is C41H32N2S. The molecule has 0 fully saturated rings. The average Bonchev–Trinajstić information content (AvgIpc) is 3.61. The van der Waals surface area contributed by atoms with Crippen molar-refractivity contribution in [3.63, 3.8) is 0 Å². The van der Waals surface area contributed by atoms with Crippen LogP contribution in [0.2, 0.25) is 0 Å². The van der Waals surface area contributed by atoms with Crippen molar-refractivity contribution in [2.75, 3.05) is 4.90 Å². The molecule has 0 spiro atoms. The van der Waals surface area contributed by atoms with Crippen LogP contribution in [-0.4, -0.2) is 10.6 Å². The van der Waals surface area contributed by atoms with Gasteiger partial charge in [-0.25, -0.2) is 0 Å². The third-order valence-electron chi connectivity index (χ3n) is 9.81. The van der Waals surface area contributed by atoms with Crippen molar-refractivity contribution in [2.24, 2.45) is 5.92 Å². The molecule has 2 nitrogen and oxygen atoms in total. The van der Waals surface area contributed by atoms with Crippen molar-refractivity contribution >= 4 is 64.7 Å². The first-order valence-corrected chi connectivity index (χ1v) is 16.4. The summed E-state index contributed by atoms with van der Waals surface area (Å²) in [5, 5.41) is 5.34. The second kappa shape index (κ2) is 9.83. The summed E-state index contributed by atoms with van der Waals surface area (Å²) in [6.45, 7) is 4.72. The van der Waals surface area contributed by atoms with Crippen LogP contribution in [0.25, 0.3) is 58.8 Å². The van der Waals surface area contributed by atoms with E-state index in [4.69, 9.17) is 0 Å². The highest BCUT2D eigenvalue weighted by molar-refractivity contribution is 7.26. The maximum absolute atomic E-state index is 2.52. The number of rotatable bonds is 3. The Labute approximate surface area is 261 Å². The van der Waals surface area contributed by atoms with Gasteiger partial charge in [-0.05, 0) is 84.5 Å². The van der Waals surface area contributed by atoms with E-state index in [9.17, 15) is 0 Å². The maximum atomic E-state index is 2.52. The van der Waals surface area contributed by atoms with Crippen molar-refractivity contribution in [3.05, 3.63) is 139 Å². The van der Waals surface area contributed by atoms with Crippen molar-refractivity contribution in [1.29, 1.82) is 0 Å². The molecule has 2 unspecified atom stereocenters. The van der Waals surface area contributed by atoms with Crippen molar-refractivity contribution in [1.82, 2.24) is 4.57 Å². The summed E-state index contributed by atoms with van der Waals surface area (Å²) >= 11 is 1.91. The third-order valence-corrected chi connectivity index (χ3v) is 11.0. The number of thiophene rings is 1. The molecule has 2 aromatic heterocycles. The summed E-state index contributed by atoms with van der Waals surface area (Å²) < 4.78 is 5.14. The fraction of sp³-hybridized carbons (Fsp3) is 0.122. The second-order valence-electron chi connectivity index (χ2n) is 12.3. The molecule has 44 heavy (non-hydrogen) atoms. The Bertz CT molecular complexity index is 2340. The topological polar surface area (TPSA) is 8.17 Å². The smallest absolute Gasteiger partial charge is 0.0555 e. The zero-order chi connectivity index (χ0) is 29.4. The molecule has 0 bridgehead atoms. The fourth-order valence-corrected chi connectivity index (χ4v) is 8.67. The standard InChI is InChI=1S/C41H32N2S/c1-26-25-30-9-3-6-12-36(30)42(27(26)2)31-19-15-28(16-20-31)29-17-21-32(22-18-29)43-37-13-7-4-11-35(37)40-38(43)24-23-34-33-10-5-8-14-39(33)44-41(34)40/h3-24,26-27H,25H2,1-2H3. The number of anilines is 2. The first kappa shape index (κ1) is 25.6. The number of hydrogen-bond donors (Lipinski definition) is 0. The predicted molar refractivity (Wildman–Crippen MR) is 190 cm³/mol. The summed E-state index contributed by atoms with van der Waals surface area (Å²) in [5.41, 5.74) is 10.2. The lowest BCUT2D eigenvalue weighted by Crippen LogP contribution is -2.39. The Balaban J connectivity index is 1.11. The first-order valence-electron chi connectivity index (χ1n) is 15.6. The van der Waals surface area contributed by atoms with Gasteiger partial charge in [0.25, 0.3) is 0 Å². The van der Waals surface area contributed by atoms with E-state index in [0.29, 0.717) is 12.0 Å². The monoisotopic (exact) mass is 584 g/mol. The zero-order valence-electron chi connectivity index (χ0n) is 24.9. The lowest BCUT2D eigenvalue weighted by molar-refractivity contribution is 0.455. The number of benzene rings is 6. The molecule has 0 amide bonds. The van der Waals surface area contributed by atoms with E-state index in [1.165, 1.54) is 75.7 Å². The van der Waals surface area contributed by atoms with Crippen molar-refractivity contribution < 1.29 is 0 Å². The maximum Gasteiger partial charge on any atom is 0.0555 e. The summed E-state index contributed by atoms with van der Waals surface area (Å²) in [7, 11) is 0. The molecule has 0 N–H and O–H groups in total. The van der Waals surface area contributed by atoms with Crippen molar-refractivity contribution in [2.45, 2.75) is 26.3 Å². The second-order valence-corrected chi connectivity index (χ2v) is 13.4. The summed E-state index contributed by atoms with van der Waals surface area (Å²) in [5.74, 6) is 0.605. The molecule has 0 saturated carbocycles. The number of fused-ring (bicyclic) bond motifs is 8. The highest BCUT2D eigenvalue weighted by Crippen LogP contribution is 2.44. The highest BCUT2D eigenvalue weighted by atomic mass is 32.1. The molecule has 8 aromatic rings. The average molecular weight is 585 g/mol. The van der Waals surface area contributed by atoms with E-state index < -0.39 is 0 Å². The van der Waals surface area contributed by atoms with Crippen LogP contribution in [-0.2, 0) is 6.42 Å². The Morgan fingerprint density at radius 3 is 2.02 bits per heavy atom. The van der Waals surface area contributed by atoms with Gasteiger partial charge in [0.15, 0.2) is 0 Å². The third kappa shape index (κ3) is 3.79. The van der Waals surface area contributed by atoms with Gasteiger partial charge in [0.2, 0.25) is 0 Å². The minimum Gasteiger partial charge on any atom is -0.338 e. The lowest BCUT2D eigenvalue weighted by Gasteiger charge is -2.41. The first-order chi connectivity index (χ1) is 21.7. The largest absolute Gasteiger partial charge is 0.338 e. The molecule has 1 aliphatic heterocycles. The zero-order valence-corrected chi connectivity index (χ0v) is 25.7. The number of aromatic nitrogens is 1. The molecule has 3 heterocycles. The van der Waals surface area contributed by atoms with Gasteiger partial charge in [-0.1, -0.05) is 91.9 Å². The highest BCUT2D eigenvalue weighted by Gasteiger charge is 2.29. The van der Waals surface area contributed by atoms with Gasteiger partial charge >= 0.3 is 0 Å². The number of hydrogen-bond acceptors (Lipinski definition) is 2. The van der Waals surface area contributed by atoms with Gasteiger partial charge in [0, 0.05) is 54.0 Å². The van der Waals surface area contributed by atoms with E-state index in [1.54, 1.807) is 0 Å². The molecule has 212 valence electrons. The van der Waals surface area contributed by atoms with Crippen LogP contribution in [0.4, 0.5) is 11.4 Å². The van der Waals surface area contributed by atoms with Gasteiger partial charge < -0.3 is 9.47 Å². The van der Waals surface area contributed by atoms with E-state index >= 15 is 0 Å². The Morgan fingerprint density at radius 2 is 1.23 bits per heavy atom. The quantitative estimate of drug-likeness (QED) is 0.200. The SMILES string of the molecule is CC1Cc2ccccc2N(c2ccc(-c3ccc(-n4c5ccccc5c5c6sc7ccccc7c6ccc54)cc3)cc2)C1C. The molecule has 0 saturated heterocycles. The van der Waals surface area contributed by atoms with Crippen LogP contribution >= 0.6 is 11.3 Å². The molecular weight excluding hydrogens is 553 g/mol. The number of para-hydroxylation sites is 2. The van der Waals surface area contributed by atoms with E-state index in [2.05, 4.69) is 157 Å². The molecule has 9 rings (SSSR count). The molecule has 0 radical (unpaired) electrons. The van der Waals surface area contributed by atoms with Crippen molar-refractivity contribution in [3.8, 4) is 16.8 Å². The Hall–Kier alpha value is -4.86. The minimum absolute atomic E-state index is 0.454. The fourth-order valence-electron chi connectivity index (χ4n) is 7.41. The van der Waals surface area contributed by atoms with E-state index in [0.717, 1.165) is 6.42 Å². The Kier molecular flexibility index (Phi) is 5.73. The molecule has 1 aliphatic rings. The normalized spacial score (nSPS) is 16.7. The van der Waals surface area contributed by atoms with Crippen LogP contribution in [0.5, 0.6) is 0 Å². The molecule has 2 atom stereocenters. The van der Waals surface area contributed by atoms with Gasteiger partial charge in [-0.2, -0.15) is 0 Å². The van der Waals surface area contributed by atoms with Crippen LogP contribution in [0, 0.1) is 5.92 Å². The lowest BCUT2D eigenvalue weighted by atomic mass is 9.87. The molecule has 3 heteroatoms. The van der Waals surface area contributed by atoms with Crippen LogP contribution < -0.4 is 4.90 Å². The van der Waals surface area contributed by atoms with Gasteiger partial charge in [0.1, 0.15) is 0 Å². The van der Waals surface area contributed by atoms with E-state index in [1.807, 2.05) is 11.3 Å². The summed E-state index contributed by atoms with van der Waals surface area (Å²) in [6.07, 6.45) is 1.14. The van der Waals surface area contributed by atoms with Crippen LogP contribution in [0.3, 0.4) is 0 Å². The summed E-state index contributed by atoms with van der Waals surface area (Å²) in [6, 6.07) is 49.8. The molecule has 0 aliphatic carbocycles. The van der Waals surface area contributed by atoms with Crippen LogP contribution in [0.1, 0.15) is 19.4 Å². The predicted octanol–water partition coefficient (Wildman–Crippen LogP) is 11.5.